The molecule has 0 unspecified atom stereocenters. The molecule has 0 saturated heterocycles. The van der Waals surface area contributed by atoms with E-state index in [-0.39, 0.29) is 0 Å². The monoisotopic (exact) mass is 531 g/mol. The zero-order valence-electron chi connectivity index (χ0n) is 18.3. The Morgan fingerprint density at radius 1 is 1.03 bits per heavy atom. The Balaban J connectivity index is 1.53. The molecule has 2 nitrogen and oxygen atoms in total. The topological polar surface area (TPSA) is 7.12 Å². The van der Waals surface area contributed by atoms with Crippen LogP contribution in [0.4, 0.5) is 5.69 Å². The van der Waals surface area contributed by atoms with Crippen molar-refractivity contribution in [3.63, 3.8) is 0 Å². The van der Waals surface area contributed by atoms with Gasteiger partial charge < -0.3 is 0 Å². The molecule has 0 radical (unpaired) electrons. The van der Waals surface area contributed by atoms with Gasteiger partial charge in [-0.1, -0.05) is 0 Å². The zero-order chi connectivity index (χ0) is 21.8. The van der Waals surface area contributed by atoms with Crippen molar-refractivity contribution >= 4 is 71.3 Å². The van der Waals surface area contributed by atoms with E-state index < -0.39 is 0 Å². The van der Waals surface area contributed by atoms with Crippen molar-refractivity contribution in [3.8, 4) is 0 Å². The van der Waals surface area contributed by atoms with E-state index in [1.807, 2.05) is 35.3 Å². The predicted octanol–water partition coefficient (Wildman–Crippen LogP) is 6.69. The maximum atomic E-state index is 2.44. The first-order chi connectivity index (χ1) is 15.2. The van der Waals surface area contributed by atoms with Crippen molar-refractivity contribution in [2.45, 2.75) is 35.1 Å². The molecule has 1 aliphatic heterocycles. The number of allylic oxidation sites excluding steroid dienone is 4. The Labute approximate surface area is 204 Å². The molecule has 0 fully saturated rings. The number of para-hydroxylation sites is 1. The van der Waals surface area contributed by atoms with Crippen LogP contribution in [-0.4, -0.2) is 33.6 Å². The van der Waals surface area contributed by atoms with Crippen molar-refractivity contribution in [2.24, 2.45) is 0 Å². The van der Waals surface area contributed by atoms with E-state index >= 15 is 0 Å². The van der Waals surface area contributed by atoms with Gasteiger partial charge in [-0.15, -0.1) is 0 Å². The van der Waals surface area contributed by atoms with Crippen LogP contribution < -0.4 is 9.47 Å². The van der Waals surface area contributed by atoms with Gasteiger partial charge in [-0.25, -0.2) is 0 Å². The van der Waals surface area contributed by atoms with E-state index in [2.05, 4.69) is 103 Å². The van der Waals surface area contributed by atoms with Crippen LogP contribution in [0.3, 0.4) is 0 Å². The minimum absolute atomic E-state index is 0.390. The van der Waals surface area contributed by atoms with Crippen LogP contribution in [-0.2, 0) is 6.54 Å². The summed E-state index contributed by atoms with van der Waals surface area (Å²) in [6.45, 7) is 6.45. The third-order valence-corrected chi connectivity index (χ3v) is 10.4. The molecule has 1 aliphatic rings. The minimum atomic E-state index is 0.390. The van der Waals surface area contributed by atoms with Gasteiger partial charge in [0.25, 0.3) is 0 Å². The molecule has 0 N–H and O–H groups in total. The summed E-state index contributed by atoms with van der Waals surface area (Å²) in [6.07, 6.45) is 15.4. The summed E-state index contributed by atoms with van der Waals surface area (Å²) in [5, 5.41) is 1.30. The second-order valence-electron chi connectivity index (χ2n) is 6.92. The molecule has 4 rings (SSSR count). The third kappa shape index (κ3) is 4.74. The number of aromatic nitrogens is 1. The molecule has 0 amide bonds. The van der Waals surface area contributed by atoms with Crippen molar-refractivity contribution in [1.29, 1.82) is 0 Å². The second-order valence-corrected chi connectivity index (χ2v) is 11.9. The molecule has 0 aliphatic carbocycles. The Bertz CT molecular complexity index is 1180. The van der Waals surface area contributed by atoms with Gasteiger partial charge in [0.05, 0.1) is 0 Å². The first-order valence-electron chi connectivity index (χ1n) is 10.4. The number of fused-ring (bicyclic) bond motifs is 2. The van der Waals surface area contributed by atoms with E-state index in [1.54, 1.807) is 0 Å². The molecule has 0 saturated carbocycles. The van der Waals surface area contributed by atoms with Gasteiger partial charge in [0.2, 0.25) is 0 Å². The van der Waals surface area contributed by atoms with Crippen LogP contribution in [0.1, 0.15) is 18.4 Å². The van der Waals surface area contributed by atoms with Crippen molar-refractivity contribution in [2.75, 3.05) is 24.0 Å². The summed E-state index contributed by atoms with van der Waals surface area (Å²) in [6, 6.07) is 13.5. The van der Waals surface area contributed by atoms with Crippen LogP contribution in [0.2, 0.25) is 0 Å². The van der Waals surface area contributed by atoms with Gasteiger partial charge in [0, 0.05) is 0 Å². The fraction of sp³-hybridized carbons (Fsp3) is 0.240. The fourth-order valence-electron chi connectivity index (χ4n) is 3.72. The molecular weight excluding hydrogens is 503 g/mol. The molecule has 3 aromatic rings. The molecule has 0 atom stereocenters. The second kappa shape index (κ2) is 10.5. The van der Waals surface area contributed by atoms with Crippen molar-refractivity contribution < 1.29 is 4.57 Å². The van der Waals surface area contributed by atoms with Crippen LogP contribution in [0.15, 0.2) is 80.4 Å². The Kier molecular flexibility index (Phi) is 7.78. The Morgan fingerprint density at radius 3 is 2.55 bits per heavy atom. The van der Waals surface area contributed by atoms with Gasteiger partial charge in [0.15, 0.2) is 0 Å². The molecule has 160 valence electrons. The molecule has 0 spiro atoms. The van der Waals surface area contributed by atoms with E-state index in [1.165, 1.54) is 39.7 Å². The number of hydrogen-bond donors (Lipinski definition) is 0. The average Bonchev–Trinajstić information content (AvgIpc) is 3.33. The molecule has 2 heterocycles. The number of rotatable bonds is 7. The summed E-state index contributed by atoms with van der Waals surface area (Å²) in [7, 11) is 0. The summed E-state index contributed by atoms with van der Waals surface area (Å²) in [5.74, 6) is 0. The molecule has 31 heavy (non-hydrogen) atoms. The number of hydrogen-bond acceptors (Lipinski definition) is 4. The molecule has 0 bridgehead atoms. The van der Waals surface area contributed by atoms with E-state index in [0.717, 1.165) is 13.1 Å². The summed E-state index contributed by atoms with van der Waals surface area (Å²) >= 11 is 5.92. The Morgan fingerprint density at radius 2 is 1.81 bits per heavy atom. The number of aryl methyl sites for hydroxylation is 1. The summed E-state index contributed by atoms with van der Waals surface area (Å²) in [4.78, 5) is 6.51. The maximum absolute atomic E-state index is 2.44. The number of thioether (sulfide) groups is 3. The van der Waals surface area contributed by atoms with E-state index in [9.17, 15) is 0 Å². The summed E-state index contributed by atoms with van der Waals surface area (Å²) < 4.78 is 5.35. The van der Waals surface area contributed by atoms with Gasteiger partial charge in [-0.3, -0.25) is 0 Å². The SMILES string of the molecule is CCN1/C(=C/C=C/C=C/c2[se]c3ccccc3[n+]2CC)Sc2cc(SC)c(SC)cc21. The first kappa shape index (κ1) is 22.9. The number of nitrogens with zero attached hydrogens (tertiary/aromatic N) is 2. The van der Waals surface area contributed by atoms with Gasteiger partial charge in [-0.2, -0.15) is 0 Å². The molecule has 1 aromatic heterocycles. The van der Waals surface area contributed by atoms with E-state index in [4.69, 9.17) is 0 Å². The quantitative estimate of drug-likeness (QED) is 0.145. The third-order valence-electron chi connectivity index (χ3n) is 5.21. The zero-order valence-corrected chi connectivity index (χ0v) is 22.5. The van der Waals surface area contributed by atoms with Gasteiger partial charge in [-0.05, 0) is 12.5 Å². The van der Waals surface area contributed by atoms with Crippen LogP contribution in [0.5, 0.6) is 0 Å². The first-order valence-corrected chi connectivity index (χ1v) is 15.4. The molecular formula is C25H27N2S3Se+. The normalized spacial score (nSPS) is 15.2. The number of anilines is 1. The van der Waals surface area contributed by atoms with Gasteiger partial charge >= 0.3 is 193 Å². The van der Waals surface area contributed by atoms with Gasteiger partial charge in [0.1, 0.15) is 0 Å². The van der Waals surface area contributed by atoms with Crippen molar-refractivity contribution in [3.05, 3.63) is 70.3 Å². The van der Waals surface area contributed by atoms with Crippen LogP contribution in [0, 0.1) is 0 Å². The molecule has 2 aromatic carbocycles. The van der Waals surface area contributed by atoms with Crippen LogP contribution in [0.25, 0.3) is 15.9 Å². The standard InChI is InChI=1S/C25H27N2S3Se/c1-5-26-19-16-21(28-3)22(29-4)17-20(19)30-24(26)14-8-7-9-15-25-27(6-2)18-12-10-11-13-23(18)31-25/h7-17H,5-6H2,1-4H3/q+1. The van der Waals surface area contributed by atoms with Crippen molar-refractivity contribution in [1.82, 2.24) is 0 Å². The predicted molar refractivity (Wildman–Crippen MR) is 142 cm³/mol. The fourth-order valence-corrected chi connectivity index (χ4v) is 8.83. The summed E-state index contributed by atoms with van der Waals surface area (Å²) in [5.41, 5.74) is 2.72. The molecule has 6 heteroatoms. The average molecular weight is 531 g/mol. The van der Waals surface area contributed by atoms with Crippen LogP contribution >= 0.6 is 35.3 Å². The Hall–Kier alpha value is -1.30. The van der Waals surface area contributed by atoms with E-state index in [0.29, 0.717) is 14.5 Å². The number of benzene rings is 2.